The van der Waals surface area contributed by atoms with Gasteiger partial charge in [0.2, 0.25) is 0 Å². The molecule has 0 spiro atoms. The molecular formula is C16H22N2O. The van der Waals surface area contributed by atoms with E-state index in [4.69, 9.17) is 4.74 Å². The van der Waals surface area contributed by atoms with E-state index >= 15 is 0 Å². The smallest absolute Gasteiger partial charge is 0.138 e. The highest BCUT2D eigenvalue weighted by molar-refractivity contribution is 5.50. The second-order valence-electron chi connectivity index (χ2n) is 5.54. The molecule has 2 fully saturated rings. The second kappa shape index (κ2) is 6.20. The number of hydrogen-bond acceptors (Lipinski definition) is 3. The van der Waals surface area contributed by atoms with Crippen LogP contribution in [0.15, 0.2) is 24.5 Å². The molecule has 102 valence electrons. The average Bonchev–Trinajstić information content (AvgIpc) is 3.10. The molecule has 1 N–H and O–H groups in total. The minimum Gasteiger partial charge on any atom is -0.489 e. The Hall–Kier alpha value is -1.35. The molecule has 0 radical (unpaired) electrons. The fraction of sp³-hybridized carbons (Fsp3) is 0.562. The van der Waals surface area contributed by atoms with E-state index in [0.717, 1.165) is 17.9 Å². The molecule has 1 aromatic rings. The maximum absolute atomic E-state index is 5.98. The third-order valence-corrected chi connectivity index (χ3v) is 3.96. The maximum Gasteiger partial charge on any atom is 0.138 e. The fourth-order valence-electron chi connectivity index (χ4n) is 2.89. The van der Waals surface area contributed by atoms with Gasteiger partial charge in [0.1, 0.15) is 5.75 Å². The van der Waals surface area contributed by atoms with Gasteiger partial charge >= 0.3 is 0 Å². The molecule has 1 unspecified atom stereocenters. The first kappa shape index (κ1) is 12.7. The van der Waals surface area contributed by atoms with Crippen molar-refractivity contribution in [2.75, 3.05) is 6.54 Å². The molecule has 2 aliphatic rings. The van der Waals surface area contributed by atoms with Crippen LogP contribution in [0.3, 0.4) is 0 Å². The van der Waals surface area contributed by atoms with Crippen molar-refractivity contribution < 1.29 is 4.74 Å². The highest BCUT2D eigenvalue weighted by Gasteiger charge is 2.16. The zero-order valence-electron chi connectivity index (χ0n) is 11.3. The summed E-state index contributed by atoms with van der Waals surface area (Å²) >= 11 is 0. The monoisotopic (exact) mass is 258 g/mol. The maximum atomic E-state index is 5.98. The highest BCUT2D eigenvalue weighted by Crippen LogP contribution is 2.24. The summed E-state index contributed by atoms with van der Waals surface area (Å²) < 4.78 is 5.98. The van der Waals surface area contributed by atoms with Crippen molar-refractivity contribution in [3.8, 4) is 5.75 Å². The molecule has 1 aliphatic heterocycles. The van der Waals surface area contributed by atoms with E-state index in [1.165, 1.54) is 38.5 Å². The van der Waals surface area contributed by atoms with Crippen molar-refractivity contribution in [2.45, 2.75) is 50.7 Å². The van der Waals surface area contributed by atoms with Crippen molar-refractivity contribution in [2.24, 2.45) is 0 Å². The van der Waals surface area contributed by atoms with E-state index in [-0.39, 0.29) is 0 Å². The Labute approximate surface area is 115 Å². The van der Waals surface area contributed by atoms with E-state index in [1.54, 1.807) is 0 Å². The highest BCUT2D eigenvalue weighted by atomic mass is 16.5. The largest absolute Gasteiger partial charge is 0.489 e. The van der Waals surface area contributed by atoms with Gasteiger partial charge in [-0.3, -0.25) is 4.98 Å². The summed E-state index contributed by atoms with van der Waals surface area (Å²) in [6.45, 7) is 1.14. The molecule has 0 bridgehead atoms. The normalized spacial score (nSPS) is 24.3. The number of rotatable bonds is 4. The SMILES string of the molecule is C(=CC1CCCN1)c1cncc(OC2CCCC2)c1. The van der Waals surface area contributed by atoms with Crippen LogP contribution in [0.1, 0.15) is 44.1 Å². The molecule has 3 heteroatoms. The molecule has 0 aromatic carbocycles. The number of nitrogens with zero attached hydrogens (tertiary/aromatic N) is 1. The van der Waals surface area contributed by atoms with E-state index in [2.05, 4.69) is 28.5 Å². The van der Waals surface area contributed by atoms with Gasteiger partial charge in [0.15, 0.2) is 0 Å². The van der Waals surface area contributed by atoms with Crippen LogP contribution in [0.4, 0.5) is 0 Å². The van der Waals surface area contributed by atoms with Gasteiger partial charge in [0, 0.05) is 12.2 Å². The zero-order chi connectivity index (χ0) is 12.9. The van der Waals surface area contributed by atoms with E-state index < -0.39 is 0 Å². The lowest BCUT2D eigenvalue weighted by atomic mass is 10.2. The fourth-order valence-corrected chi connectivity index (χ4v) is 2.89. The number of nitrogens with one attached hydrogen (secondary N) is 1. The lowest BCUT2D eigenvalue weighted by molar-refractivity contribution is 0.209. The number of aromatic nitrogens is 1. The number of hydrogen-bond donors (Lipinski definition) is 1. The van der Waals surface area contributed by atoms with Gasteiger partial charge in [-0.1, -0.05) is 12.2 Å². The molecule has 1 saturated heterocycles. The lowest BCUT2D eigenvalue weighted by Gasteiger charge is -2.12. The summed E-state index contributed by atoms with van der Waals surface area (Å²) in [4.78, 5) is 4.28. The van der Waals surface area contributed by atoms with Gasteiger partial charge in [0.25, 0.3) is 0 Å². The Morgan fingerprint density at radius 3 is 2.84 bits per heavy atom. The van der Waals surface area contributed by atoms with Gasteiger partial charge in [-0.2, -0.15) is 0 Å². The average molecular weight is 258 g/mol. The second-order valence-corrected chi connectivity index (χ2v) is 5.54. The van der Waals surface area contributed by atoms with Gasteiger partial charge in [-0.25, -0.2) is 0 Å². The van der Waals surface area contributed by atoms with Crippen molar-refractivity contribution in [1.29, 1.82) is 0 Å². The summed E-state index contributed by atoms with van der Waals surface area (Å²) in [5.74, 6) is 0.911. The van der Waals surface area contributed by atoms with Gasteiger partial charge < -0.3 is 10.1 Å². The molecule has 1 aliphatic carbocycles. The molecule has 2 heterocycles. The van der Waals surface area contributed by atoms with E-state index in [9.17, 15) is 0 Å². The molecule has 19 heavy (non-hydrogen) atoms. The van der Waals surface area contributed by atoms with Crippen LogP contribution < -0.4 is 10.1 Å². The third-order valence-electron chi connectivity index (χ3n) is 3.96. The molecule has 1 aromatic heterocycles. The summed E-state index contributed by atoms with van der Waals surface area (Å²) in [5.41, 5.74) is 1.13. The van der Waals surface area contributed by atoms with Gasteiger partial charge in [-0.15, -0.1) is 0 Å². The zero-order valence-corrected chi connectivity index (χ0v) is 11.3. The molecule has 3 nitrogen and oxygen atoms in total. The summed E-state index contributed by atoms with van der Waals surface area (Å²) in [6.07, 6.45) is 16.0. The first-order valence-electron chi connectivity index (χ1n) is 7.43. The number of pyridine rings is 1. The Bertz CT molecular complexity index is 432. The molecule has 1 atom stereocenters. The number of ether oxygens (including phenoxy) is 1. The topological polar surface area (TPSA) is 34.2 Å². The first-order chi connectivity index (χ1) is 9.40. The van der Waals surface area contributed by atoms with Crippen molar-refractivity contribution >= 4 is 6.08 Å². The Kier molecular flexibility index (Phi) is 4.13. The van der Waals surface area contributed by atoms with E-state index in [0.29, 0.717) is 12.1 Å². The minimum absolute atomic E-state index is 0.400. The quantitative estimate of drug-likeness (QED) is 0.900. The summed E-state index contributed by atoms with van der Waals surface area (Å²) in [5, 5.41) is 3.46. The predicted molar refractivity (Wildman–Crippen MR) is 77.2 cm³/mol. The lowest BCUT2D eigenvalue weighted by Crippen LogP contribution is -2.17. The summed E-state index contributed by atoms with van der Waals surface area (Å²) in [6, 6.07) is 2.62. The van der Waals surface area contributed by atoms with Crippen LogP contribution in [0, 0.1) is 0 Å². The van der Waals surface area contributed by atoms with Crippen LogP contribution in [0.5, 0.6) is 5.75 Å². The first-order valence-corrected chi connectivity index (χ1v) is 7.43. The van der Waals surface area contributed by atoms with Crippen LogP contribution >= 0.6 is 0 Å². The predicted octanol–water partition coefficient (Wildman–Crippen LogP) is 3.17. The third kappa shape index (κ3) is 3.57. The van der Waals surface area contributed by atoms with Gasteiger partial charge in [-0.05, 0) is 56.7 Å². The van der Waals surface area contributed by atoms with E-state index in [1.807, 2.05) is 12.4 Å². The van der Waals surface area contributed by atoms with Crippen LogP contribution in [0.25, 0.3) is 6.08 Å². The Morgan fingerprint density at radius 1 is 1.16 bits per heavy atom. The van der Waals surface area contributed by atoms with Crippen LogP contribution in [0.2, 0.25) is 0 Å². The van der Waals surface area contributed by atoms with Crippen LogP contribution in [-0.2, 0) is 0 Å². The van der Waals surface area contributed by atoms with Crippen LogP contribution in [-0.4, -0.2) is 23.7 Å². The Morgan fingerprint density at radius 2 is 2.05 bits per heavy atom. The Balaban J connectivity index is 1.61. The minimum atomic E-state index is 0.400. The van der Waals surface area contributed by atoms with Crippen molar-refractivity contribution in [3.63, 3.8) is 0 Å². The molecule has 3 rings (SSSR count). The molecule has 1 saturated carbocycles. The van der Waals surface area contributed by atoms with Crippen molar-refractivity contribution in [1.82, 2.24) is 10.3 Å². The molecular weight excluding hydrogens is 236 g/mol. The van der Waals surface area contributed by atoms with Crippen molar-refractivity contribution in [3.05, 3.63) is 30.1 Å². The molecule has 0 amide bonds. The standard InChI is InChI=1S/C16H22N2O/c1-2-6-15(5-1)19-16-10-13(11-17-12-16)7-8-14-4-3-9-18-14/h7-8,10-12,14-15,18H,1-6,9H2. The summed E-state index contributed by atoms with van der Waals surface area (Å²) in [7, 11) is 0. The van der Waals surface area contributed by atoms with Gasteiger partial charge in [0.05, 0.1) is 12.3 Å².